The second kappa shape index (κ2) is 9.11. The second-order valence-electron chi connectivity index (χ2n) is 6.71. The van der Waals surface area contributed by atoms with Crippen LogP contribution in [0.4, 0.5) is 5.69 Å². The molecule has 1 unspecified atom stereocenters. The molecule has 0 radical (unpaired) electrons. The molecule has 0 spiro atoms. The number of tetrazole rings is 1. The highest BCUT2D eigenvalue weighted by atomic mass is 32.2. The van der Waals surface area contributed by atoms with E-state index in [1.165, 1.54) is 42.4 Å². The molecule has 0 bridgehead atoms. The van der Waals surface area contributed by atoms with Gasteiger partial charge >= 0.3 is 0 Å². The number of aryl methyl sites for hydroxylation is 1. The molecule has 2 aromatic carbocycles. The molecule has 1 heterocycles. The highest BCUT2D eigenvalue weighted by Gasteiger charge is 2.17. The Morgan fingerprint density at radius 1 is 1.20 bits per heavy atom. The van der Waals surface area contributed by atoms with Crippen LogP contribution < -0.4 is 10.0 Å². The van der Waals surface area contributed by atoms with Crippen molar-refractivity contribution in [1.82, 2.24) is 24.9 Å². The first-order valence-electron chi connectivity index (χ1n) is 9.07. The van der Waals surface area contributed by atoms with Crippen LogP contribution in [0.15, 0.2) is 53.7 Å². The SMILES string of the molecule is COCC(C)NS(=O)(=O)c1ccc(NC(=O)c2ccc(-n3cnnn3)c(C)c2)cc1. The minimum atomic E-state index is -3.67. The van der Waals surface area contributed by atoms with E-state index in [1.807, 2.05) is 6.92 Å². The summed E-state index contributed by atoms with van der Waals surface area (Å²) in [6.45, 7) is 3.83. The van der Waals surface area contributed by atoms with Gasteiger partial charge in [-0.3, -0.25) is 4.79 Å². The molecule has 2 N–H and O–H groups in total. The molecule has 0 saturated carbocycles. The summed E-state index contributed by atoms with van der Waals surface area (Å²) >= 11 is 0. The Kier molecular flexibility index (Phi) is 6.55. The van der Waals surface area contributed by atoms with Gasteiger partial charge in [0.05, 0.1) is 17.2 Å². The maximum Gasteiger partial charge on any atom is 0.255 e. The van der Waals surface area contributed by atoms with Gasteiger partial charge < -0.3 is 10.1 Å². The quantitative estimate of drug-likeness (QED) is 0.555. The van der Waals surface area contributed by atoms with E-state index in [9.17, 15) is 13.2 Å². The van der Waals surface area contributed by atoms with E-state index >= 15 is 0 Å². The Labute approximate surface area is 174 Å². The molecular weight excluding hydrogens is 408 g/mol. The largest absolute Gasteiger partial charge is 0.383 e. The van der Waals surface area contributed by atoms with Crippen molar-refractivity contribution < 1.29 is 17.9 Å². The topological polar surface area (TPSA) is 128 Å². The average molecular weight is 430 g/mol. The zero-order chi connectivity index (χ0) is 21.7. The van der Waals surface area contributed by atoms with Crippen molar-refractivity contribution in [3.63, 3.8) is 0 Å². The van der Waals surface area contributed by atoms with E-state index in [2.05, 4.69) is 25.6 Å². The van der Waals surface area contributed by atoms with Gasteiger partial charge in [0.2, 0.25) is 10.0 Å². The molecule has 0 aliphatic carbocycles. The summed E-state index contributed by atoms with van der Waals surface area (Å²) in [6, 6.07) is 10.7. The number of ether oxygens (including phenoxy) is 1. The fourth-order valence-corrected chi connectivity index (χ4v) is 4.09. The Balaban J connectivity index is 1.69. The number of carbonyl (C=O) groups excluding carboxylic acids is 1. The smallest absolute Gasteiger partial charge is 0.255 e. The Bertz CT molecular complexity index is 1110. The van der Waals surface area contributed by atoms with Gasteiger partial charge in [-0.05, 0) is 72.3 Å². The number of anilines is 1. The van der Waals surface area contributed by atoms with Crippen LogP contribution in [0, 0.1) is 6.92 Å². The number of carbonyl (C=O) groups is 1. The normalized spacial score (nSPS) is 12.5. The molecule has 0 fully saturated rings. The van der Waals surface area contributed by atoms with Gasteiger partial charge in [-0.25, -0.2) is 17.8 Å². The number of sulfonamides is 1. The van der Waals surface area contributed by atoms with Crippen LogP contribution in [0.25, 0.3) is 5.69 Å². The molecular formula is C19H22N6O4S. The Hall–Kier alpha value is -3.15. The summed E-state index contributed by atoms with van der Waals surface area (Å²) in [5, 5.41) is 13.8. The number of amides is 1. The van der Waals surface area contributed by atoms with Crippen molar-refractivity contribution in [3.05, 3.63) is 59.9 Å². The number of methoxy groups -OCH3 is 1. The van der Waals surface area contributed by atoms with Crippen LogP contribution >= 0.6 is 0 Å². The van der Waals surface area contributed by atoms with Gasteiger partial charge in [0, 0.05) is 24.4 Å². The van der Waals surface area contributed by atoms with E-state index in [-0.39, 0.29) is 23.5 Å². The average Bonchev–Trinajstić information content (AvgIpc) is 3.22. The van der Waals surface area contributed by atoms with Gasteiger partial charge in [-0.15, -0.1) is 5.10 Å². The molecule has 30 heavy (non-hydrogen) atoms. The standard InChI is InChI=1S/C19H22N6O4S/c1-13-10-15(4-9-18(13)25-12-20-23-24-25)19(26)21-16-5-7-17(8-6-16)30(27,28)22-14(2)11-29-3/h4-10,12,14,22H,11H2,1-3H3,(H,21,26). The number of rotatable bonds is 8. The maximum atomic E-state index is 12.6. The van der Waals surface area contributed by atoms with Crippen LogP contribution in [0.1, 0.15) is 22.8 Å². The molecule has 3 aromatic rings. The minimum Gasteiger partial charge on any atom is -0.383 e. The minimum absolute atomic E-state index is 0.102. The predicted molar refractivity (Wildman–Crippen MR) is 110 cm³/mol. The zero-order valence-electron chi connectivity index (χ0n) is 16.7. The van der Waals surface area contributed by atoms with Crippen molar-refractivity contribution in [1.29, 1.82) is 0 Å². The third-order valence-corrected chi connectivity index (χ3v) is 5.86. The van der Waals surface area contributed by atoms with Gasteiger partial charge in [-0.1, -0.05) is 0 Å². The number of aromatic nitrogens is 4. The van der Waals surface area contributed by atoms with E-state index < -0.39 is 10.0 Å². The lowest BCUT2D eigenvalue weighted by atomic mass is 10.1. The highest BCUT2D eigenvalue weighted by Crippen LogP contribution is 2.18. The molecule has 1 amide bonds. The molecule has 0 aliphatic heterocycles. The lowest BCUT2D eigenvalue weighted by Gasteiger charge is -2.13. The first-order valence-corrected chi connectivity index (χ1v) is 10.5. The lowest BCUT2D eigenvalue weighted by Crippen LogP contribution is -2.35. The second-order valence-corrected chi connectivity index (χ2v) is 8.43. The highest BCUT2D eigenvalue weighted by molar-refractivity contribution is 7.89. The summed E-state index contributed by atoms with van der Waals surface area (Å²) in [5.41, 5.74) is 2.52. The predicted octanol–water partition coefficient (Wildman–Crippen LogP) is 1.54. The number of hydrogen-bond acceptors (Lipinski definition) is 7. The van der Waals surface area contributed by atoms with Crippen molar-refractivity contribution in [2.75, 3.05) is 19.0 Å². The van der Waals surface area contributed by atoms with Gasteiger partial charge in [0.25, 0.3) is 5.91 Å². The van der Waals surface area contributed by atoms with Crippen molar-refractivity contribution >= 4 is 21.6 Å². The fourth-order valence-electron chi connectivity index (χ4n) is 2.86. The van der Waals surface area contributed by atoms with Crippen molar-refractivity contribution in [3.8, 4) is 5.69 Å². The fraction of sp³-hybridized carbons (Fsp3) is 0.263. The van der Waals surface area contributed by atoms with E-state index in [0.29, 0.717) is 11.3 Å². The first-order chi connectivity index (χ1) is 14.3. The molecule has 10 nitrogen and oxygen atoms in total. The third-order valence-electron chi connectivity index (χ3n) is 4.25. The van der Waals surface area contributed by atoms with Crippen LogP contribution in [-0.4, -0.2) is 54.3 Å². The molecule has 158 valence electrons. The van der Waals surface area contributed by atoms with Gasteiger partial charge in [0.15, 0.2) is 0 Å². The summed E-state index contributed by atoms with van der Waals surface area (Å²) in [6.07, 6.45) is 1.47. The summed E-state index contributed by atoms with van der Waals surface area (Å²) in [4.78, 5) is 12.7. The molecule has 1 aromatic heterocycles. The third kappa shape index (κ3) is 5.06. The van der Waals surface area contributed by atoms with Crippen LogP contribution in [0.5, 0.6) is 0 Å². The summed E-state index contributed by atoms with van der Waals surface area (Å²) in [7, 11) is -2.17. The summed E-state index contributed by atoms with van der Waals surface area (Å²) < 4.78 is 33.7. The molecule has 0 saturated heterocycles. The Morgan fingerprint density at radius 3 is 2.53 bits per heavy atom. The van der Waals surface area contributed by atoms with Crippen molar-refractivity contribution in [2.24, 2.45) is 0 Å². The van der Waals surface area contributed by atoms with Gasteiger partial charge in [-0.2, -0.15) is 0 Å². The summed E-state index contributed by atoms with van der Waals surface area (Å²) in [5.74, 6) is -0.316. The number of hydrogen-bond donors (Lipinski definition) is 2. The van der Waals surface area contributed by atoms with Crippen LogP contribution in [0.2, 0.25) is 0 Å². The first kappa shape index (κ1) is 21.6. The zero-order valence-corrected chi connectivity index (χ0v) is 17.5. The monoisotopic (exact) mass is 430 g/mol. The number of nitrogens with one attached hydrogen (secondary N) is 2. The molecule has 3 rings (SSSR count). The molecule has 11 heteroatoms. The Morgan fingerprint density at radius 2 is 1.93 bits per heavy atom. The maximum absolute atomic E-state index is 12.6. The molecule has 1 atom stereocenters. The number of benzene rings is 2. The van der Waals surface area contributed by atoms with Crippen molar-refractivity contribution in [2.45, 2.75) is 24.8 Å². The van der Waals surface area contributed by atoms with E-state index in [1.54, 1.807) is 25.1 Å². The van der Waals surface area contributed by atoms with E-state index in [0.717, 1.165) is 11.3 Å². The van der Waals surface area contributed by atoms with Crippen LogP contribution in [0.3, 0.4) is 0 Å². The number of nitrogens with zero attached hydrogens (tertiary/aromatic N) is 4. The van der Waals surface area contributed by atoms with Gasteiger partial charge in [0.1, 0.15) is 6.33 Å². The van der Waals surface area contributed by atoms with Crippen LogP contribution in [-0.2, 0) is 14.8 Å². The lowest BCUT2D eigenvalue weighted by molar-refractivity contribution is 0.102. The van der Waals surface area contributed by atoms with E-state index in [4.69, 9.17) is 4.74 Å². The molecule has 0 aliphatic rings.